The van der Waals surface area contributed by atoms with E-state index < -0.39 is 0 Å². The lowest BCUT2D eigenvalue weighted by Gasteiger charge is -2.18. The summed E-state index contributed by atoms with van der Waals surface area (Å²) in [5.74, 6) is 0.784. The standard InChI is InChI=1S/C18H30N2O/c1-2-3-4-5-6-9-12-21-18-16(14-19)13-15-10-7-8-11-17(15)20-18/h13H,2-12,14,19H2,1H3. The number of hydrogen-bond acceptors (Lipinski definition) is 3. The first-order chi connectivity index (χ1) is 10.3. The zero-order valence-corrected chi connectivity index (χ0v) is 13.5. The quantitative estimate of drug-likeness (QED) is 0.695. The summed E-state index contributed by atoms with van der Waals surface area (Å²) in [6, 6.07) is 2.22. The molecule has 1 aromatic rings. The summed E-state index contributed by atoms with van der Waals surface area (Å²) in [7, 11) is 0. The Morgan fingerprint density at radius 2 is 1.86 bits per heavy atom. The summed E-state index contributed by atoms with van der Waals surface area (Å²) in [5.41, 5.74) is 9.54. The van der Waals surface area contributed by atoms with Crippen molar-refractivity contribution < 1.29 is 4.74 Å². The first kappa shape index (κ1) is 16.3. The maximum absolute atomic E-state index is 5.91. The summed E-state index contributed by atoms with van der Waals surface area (Å²) in [6.07, 6.45) is 12.5. The zero-order chi connectivity index (χ0) is 14.9. The van der Waals surface area contributed by atoms with Crippen molar-refractivity contribution in [2.45, 2.75) is 77.7 Å². The number of aromatic nitrogens is 1. The molecule has 0 spiro atoms. The van der Waals surface area contributed by atoms with Gasteiger partial charge >= 0.3 is 0 Å². The molecule has 3 heteroatoms. The number of fused-ring (bicyclic) bond motifs is 1. The van der Waals surface area contributed by atoms with Crippen LogP contribution in [0.15, 0.2) is 6.07 Å². The number of pyridine rings is 1. The molecule has 1 aliphatic carbocycles. The molecule has 0 aliphatic heterocycles. The Labute approximate surface area is 129 Å². The van der Waals surface area contributed by atoms with Gasteiger partial charge in [0.25, 0.3) is 0 Å². The van der Waals surface area contributed by atoms with Gasteiger partial charge in [-0.3, -0.25) is 0 Å². The molecule has 0 fully saturated rings. The highest BCUT2D eigenvalue weighted by Gasteiger charge is 2.15. The molecule has 0 saturated heterocycles. The fourth-order valence-corrected chi connectivity index (χ4v) is 2.98. The number of rotatable bonds is 9. The van der Waals surface area contributed by atoms with Crippen molar-refractivity contribution in [3.63, 3.8) is 0 Å². The molecule has 0 saturated carbocycles. The molecule has 0 unspecified atom stereocenters. The maximum atomic E-state index is 5.91. The number of hydrogen-bond donors (Lipinski definition) is 1. The molecule has 118 valence electrons. The maximum Gasteiger partial charge on any atom is 0.218 e. The molecular formula is C18H30N2O. The molecule has 21 heavy (non-hydrogen) atoms. The van der Waals surface area contributed by atoms with Gasteiger partial charge in [-0.25, -0.2) is 4.98 Å². The molecular weight excluding hydrogens is 260 g/mol. The largest absolute Gasteiger partial charge is 0.477 e. The van der Waals surface area contributed by atoms with E-state index in [1.54, 1.807) is 0 Å². The third-order valence-electron chi connectivity index (χ3n) is 4.30. The average Bonchev–Trinajstić information content (AvgIpc) is 2.53. The number of ether oxygens (including phenoxy) is 1. The van der Waals surface area contributed by atoms with E-state index in [-0.39, 0.29) is 0 Å². The summed E-state index contributed by atoms with van der Waals surface area (Å²) in [4.78, 5) is 4.73. The predicted molar refractivity (Wildman–Crippen MR) is 87.6 cm³/mol. The summed E-state index contributed by atoms with van der Waals surface area (Å²) >= 11 is 0. The van der Waals surface area contributed by atoms with Gasteiger partial charge in [-0.15, -0.1) is 0 Å². The first-order valence-corrected chi connectivity index (χ1v) is 8.69. The zero-order valence-electron chi connectivity index (χ0n) is 13.5. The molecule has 1 aromatic heterocycles. The van der Waals surface area contributed by atoms with Crippen LogP contribution in [-0.4, -0.2) is 11.6 Å². The second-order valence-electron chi connectivity index (χ2n) is 6.09. The molecule has 2 rings (SSSR count). The van der Waals surface area contributed by atoms with Crippen LogP contribution >= 0.6 is 0 Å². The van der Waals surface area contributed by atoms with Crippen LogP contribution in [0.25, 0.3) is 0 Å². The summed E-state index contributed by atoms with van der Waals surface area (Å²) in [6.45, 7) is 3.54. The van der Waals surface area contributed by atoms with E-state index in [1.807, 2.05) is 0 Å². The second-order valence-corrected chi connectivity index (χ2v) is 6.09. The van der Waals surface area contributed by atoms with Gasteiger partial charge in [-0.05, 0) is 43.7 Å². The molecule has 0 atom stereocenters. The van der Waals surface area contributed by atoms with Crippen LogP contribution in [0.1, 0.15) is 75.1 Å². The van der Waals surface area contributed by atoms with E-state index in [0.29, 0.717) is 6.54 Å². The van der Waals surface area contributed by atoms with Crippen LogP contribution in [0.4, 0.5) is 0 Å². The molecule has 3 nitrogen and oxygen atoms in total. The topological polar surface area (TPSA) is 48.1 Å². The lowest BCUT2D eigenvalue weighted by atomic mass is 9.95. The van der Waals surface area contributed by atoms with E-state index in [1.165, 1.54) is 56.2 Å². The van der Waals surface area contributed by atoms with Gasteiger partial charge in [0.2, 0.25) is 5.88 Å². The Hall–Kier alpha value is -1.09. The van der Waals surface area contributed by atoms with Crippen LogP contribution in [0, 0.1) is 0 Å². The Bertz CT molecular complexity index is 431. The van der Waals surface area contributed by atoms with Crippen molar-refractivity contribution in [1.82, 2.24) is 4.98 Å². The monoisotopic (exact) mass is 290 g/mol. The fraction of sp³-hybridized carbons (Fsp3) is 0.722. The van der Waals surface area contributed by atoms with Crippen molar-refractivity contribution in [2.24, 2.45) is 5.73 Å². The molecule has 0 aromatic carbocycles. The van der Waals surface area contributed by atoms with Crippen LogP contribution < -0.4 is 10.5 Å². The SMILES string of the molecule is CCCCCCCCOc1nc2c(cc1CN)CCCC2. The Kier molecular flexibility index (Phi) is 7.01. The Balaban J connectivity index is 1.81. The third-order valence-corrected chi connectivity index (χ3v) is 4.30. The predicted octanol–water partition coefficient (Wildman–Crippen LogP) is 4.16. The van der Waals surface area contributed by atoms with Gasteiger partial charge in [0.15, 0.2) is 0 Å². The highest BCUT2D eigenvalue weighted by atomic mass is 16.5. The van der Waals surface area contributed by atoms with Gasteiger partial charge in [0.05, 0.1) is 6.61 Å². The van der Waals surface area contributed by atoms with E-state index in [9.17, 15) is 0 Å². The van der Waals surface area contributed by atoms with Gasteiger partial charge < -0.3 is 10.5 Å². The summed E-state index contributed by atoms with van der Waals surface area (Å²) in [5, 5.41) is 0. The number of aryl methyl sites for hydroxylation is 2. The van der Waals surface area contributed by atoms with Crippen LogP contribution in [0.5, 0.6) is 5.88 Å². The highest BCUT2D eigenvalue weighted by Crippen LogP contribution is 2.26. The Morgan fingerprint density at radius 3 is 2.67 bits per heavy atom. The summed E-state index contributed by atoms with van der Waals surface area (Å²) < 4.78 is 5.91. The van der Waals surface area contributed by atoms with E-state index in [4.69, 9.17) is 15.5 Å². The Morgan fingerprint density at radius 1 is 1.10 bits per heavy atom. The molecule has 1 aliphatic rings. The van der Waals surface area contributed by atoms with Gasteiger partial charge in [-0.2, -0.15) is 0 Å². The first-order valence-electron chi connectivity index (χ1n) is 8.69. The minimum Gasteiger partial charge on any atom is -0.477 e. The van der Waals surface area contributed by atoms with Crippen molar-refractivity contribution in [2.75, 3.05) is 6.61 Å². The van der Waals surface area contributed by atoms with Crippen molar-refractivity contribution >= 4 is 0 Å². The molecule has 0 radical (unpaired) electrons. The van der Waals surface area contributed by atoms with E-state index >= 15 is 0 Å². The average molecular weight is 290 g/mol. The van der Waals surface area contributed by atoms with Crippen molar-refractivity contribution in [3.8, 4) is 5.88 Å². The molecule has 2 N–H and O–H groups in total. The normalized spacial score (nSPS) is 14.0. The minimum atomic E-state index is 0.520. The smallest absolute Gasteiger partial charge is 0.218 e. The van der Waals surface area contributed by atoms with E-state index in [0.717, 1.165) is 37.3 Å². The number of unbranched alkanes of at least 4 members (excludes halogenated alkanes) is 5. The van der Waals surface area contributed by atoms with Gasteiger partial charge in [0, 0.05) is 17.8 Å². The lowest BCUT2D eigenvalue weighted by Crippen LogP contribution is -2.12. The van der Waals surface area contributed by atoms with Crippen LogP contribution in [0.3, 0.4) is 0 Å². The second kappa shape index (κ2) is 9.04. The van der Waals surface area contributed by atoms with Crippen molar-refractivity contribution in [1.29, 1.82) is 0 Å². The van der Waals surface area contributed by atoms with Gasteiger partial charge in [-0.1, -0.05) is 39.0 Å². The lowest BCUT2D eigenvalue weighted by molar-refractivity contribution is 0.288. The highest BCUT2D eigenvalue weighted by molar-refractivity contribution is 5.35. The van der Waals surface area contributed by atoms with Crippen LogP contribution in [0.2, 0.25) is 0 Å². The van der Waals surface area contributed by atoms with E-state index in [2.05, 4.69) is 13.0 Å². The molecule has 1 heterocycles. The van der Waals surface area contributed by atoms with Crippen molar-refractivity contribution in [3.05, 3.63) is 22.9 Å². The molecule has 0 bridgehead atoms. The third kappa shape index (κ3) is 4.99. The number of nitrogens with two attached hydrogens (primary N) is 1. The van der Waals surface area contributed by atoms with Gasteiger partial charge in [0.1, 0.15) is 0 Å². The van der Waals surface area contributed by atoms with Crippen LogP contribution in [-0.2, 0) is 19.4 Å². The number of nitrogens with zero attached hydrogens (tertiary/aromatic N) is 1. The minimum absolute atomic E-state index is 0.520. The molecule has 0 amide bonds. The fourth-order valence-electron chi connectivity index (χ4n) is 2.98.